The van der Waals surface area contributed by atoms with Gasteiger partial charge in [-0.25, -0.2) is 0 Å². The summed E-state index contributed by atoms with van der Waals surface area (Å²) in [7, 11) is 0. The van der Waals surface area contributed by atoms with Crippen molar-refractivity contribution in [1.82, 2.24) is 14.7 Å². The number of carbonyl (C=O) groups excluding carboxylic acids is 2. The number of benzene rings is 2. The van der Waals surface area contributed by atoms with Crippen LogP contribution < -0.4 is 14.8 Å². The Morgan fingerprint density at radius 1 is 1.03 bits per heavy atom. The summed E-state index contributed by atoms with van der Waals surface area (Å²) in [5.41, 5.74) is 4.69. The van der Waals surface area contributed by atoms with Crippen molar-refractivity contribution in [2.45, 2.75) is 39.7 Å². The predicted octanol–water partition coefficient (Wildman–Crippen LogP) is 4.16. The molecule has 6 rings (SSSR count). The molecule has 2 amide bonds. The molecule has 3 aromatic rings. The second kappa shape index (κ2) is 8.69. The maximum absolute atomic E-state index is 13.1. The van der Waals surface area contributed by atoms with E-state index in [9.17, 15) is 9.59 Å². The Hall–Kier alpha value is -3.81. The molecule has 3 aliphatic rings. The molecule has 8 nitrogen and oxygen atoms in total. The molecule has 1 atom stereocenters. The molecule has 1 aliphatic carbocycles. The highest BCUT2D eigenvalue weighted by atomic mass is 16.7. The molecule has 3 heterocycles. The van der Waals surface area contributed by atoms with Gasteiger partial charge in [-0.3, -0.25) is 14.3 Å². The van der Waals surface area contributed by atoms with Crippen molar-refractivity contribution in [2.24, 2.45) is 11.3 Å². The number of amides is 2. The Morgan fingerprint density at radius 3 is 2.50 bits per heavy atom. The zero-order chi connectivity index (χ0) is 24.9. The van der Waals surface area contributed by atoms with Gasteiger partial charge >= 0.3 is 0 Å². The number of aromatic nitrogens is 2. The maximum atomic E-state index is 13.1. The summed E-state index contributed by atoms with van der Waals surface area (Å²) in [6.45, 7) is 6.30. The summed E-state index contributed by atoms with van der Waals surface area (Å²) in [6, 6.07) is 15.4. The van der Waals surface area contributed by atoms with Crippen LogP contribution in [-0.4, -0.2) is 46.4 Å². The second-order valence-electron chi connectivity index (χ2n) is 10.3. The average Bonchev–Trinajstić information content (AvgIpc) is 3.19. The number of rotatable bonds is 5. The van der Waals surface area contributed by atoms with Gasteiger partial charge in [0.15, 0.2) is 11.5 Å². The van der Waals surface area contributed by atoms with Gasteiger partial charge in [-0.05, 0) is 74.4 Å². The van der Waals surface area contributed by atoms with Gasteiger partial charge < -0.3 is 19.7 Å². The molecule has 1 aromatic heterocycles. The van der Waals surface area contributed by atoms with E-state index in [2.05, 4.69) is 16.5 Å². The fraction of sp³-hybridized carbons (Fsp3) is 0.393. The molecule has 2 fully saturated rings. The second-order valence-corrected chi connectivity index (χ2v) is 10.3. The van der Waals surface area contributed by atoms with Gasteiger partial charge in [0.1, 0.15) is 0 Å². The first kappa shape index (κ1) is 22.6. The van der Waals surface area contributed by atoms with Gasteiger partial charge in [0.2, 0.25) is 12.7 Å². The van der Waals surface area contributed by atoms with Crippen LogP contribution in [0.5, 0.6) is 11.5 Å². The van der Waals surface area contributed by atoms with Crippen molar-refractivity contribution in [3.63, 3.8) is 0 Å². The number of fused-ring (bicyclic) bond motifs is 1. The summed E-state index contributed by atoms with van der Waals surface area (Å²) in [6.07, 6.45) is 2.59. The number of nitrogens with zero attached hydrogens (tertiary/aromatic N) is 3. The normalized spacial score (nSPS) is 19.4. The topological polar surface area (TPSA) is 85.7 Å². The minimum atomic E-state index is -0.00570. The average molecular weight is 487 g/mol. The monoisotopic (exact) mass is 486 g/mol. The molecule has 2 aliphatic heterocycles. The van der Waals surface area contributed by atoms with Gasteiger partial charge in [0.05, 0.1) is 12.2 Å². The first-order valence-corrected chi connectivity index (χ1v) is 12.5. The van der Waals surface area contributed by atoms with E-state index < -0.39 is 0 Å². The van der Waals surface area contributed by atoms with E-state index in [-0.39, 0.29) is 29.9 Å². The molecule has 1 saturated heterocycles. The van der Waals surface area contributed by atoms with Gasteiger partial charge in [-0.2, -0.15) is 5.10 Å². The fourth-order valence-electron chi connectivity index (χ4n) is 5.57. The molecule has 0 radical (unpaired) electrons. The van der Waals surface area contributed by atoms with Gasteiger partial charge in [-0.15, -0.1) is 0 Å². The summed E-state index contributed by atoms with van der Waals surface area (Å²) in [5, 5.41) is 7.54. The molecule has 1 saturated carbocycles. The van der Waals surface area contributed by atoms with Crippen molar-refractivity contribution in [2.75, 3.05) is 25.2 Å². The standard InChI is InChI=1S/C28H30N4O4/c1-18-13-19(2)32(30-18)16-20-3-5-21(6-4-20)27(34)31-11-9-28(10-12-31)15-23(28)26(33)29-22-7-8-24-25(14-22)36-17-35-24/h3-8,13-14,23H,9-12,15-17H2,1-2H3,(H,29,33)/t23-/m0/s1. The predicted molar refractivity (Wildman–Crippen MR) is 134 cm³/mol. The number of ether oxygens (including phenoxy) is 2. The van der Waals surface area contributed by atoms with Crippen LogP contribution in [0.1, 0.15) is 46.6 Å². The van der Waals surface area contributed by atoms with Crippen molar-refractivity contribution in [3.8, 4) is 11.5 Å². The zero-order valence-electron chi connectivity index (χ0n) is 20.6. The van der Waals surface area contributed by atoms with Crippen LogP contribution in [0.3, 0.4) is 0 Å². The largest absolute Gasteiger partial charge is 0.454 e. The lowest BCUT2D eigenvalue weighted by atomic mass is 9.90. The number of hydrogen-bond acceptors (Lipinski definition) is 5. The minimum Gasteiger partial charge on any atom is -0.454 e. The third kappa shape index (κ3) is 4.21. The number of piperidine rings is 1. The van der Waals surface area contributed by atoms with Crippen LogP contribution in [0.2, 0.25) is 0 Å². The third-order valence-corrected chi connectivity index (χ3v) is 7.83. The van der Waals surface area contributed by atoms with Gasteiger partial charge in [0.25, 0.3) is 5.91 Å². The van der Waals surface area contributed by atoms with Crippen LogP contribution >= 0.6 is 0 Å². The first-order valence-electron chi connectivity index (χ1n) is 12.5. The Labute approximate surface area is 210 Å². The van der Waals surface area contributed by atoms with Crippen LogP contribution in [0.4, 0.5) is 5.69 Å². The van der Waals surface area contributed by atoms with Gasteiger partial charge in [0, 0.05) is 42.0 Å². The Bertz CT molecular complexity index is 1320. The van der Waals surface area contributed by atoms with E-state index in [1.807, 2.05) is 59.8 Å². The lowest BCUT2D eigenvalue weighted by Crippen LogP contribution is -2.40. The minimum absolute atomic E-state index is 0.00570. The van der Waals surface area contributed by atoms with Crippen LogP contribution in [0.25, 0.3) is 0 Å². The van der Waals surface area contributed by atoms with Crippen LogP contribution in [0.15, 0.2) is 48.5 Å². The molecule has 0 unspecified atom stereocenters. The number of carbonyl (C=O) groups is 2. The number of anilines is 1. The maximum Gasteiger partial charge on any atom is 0.253 e. The highest BCUT2D eigenvalue weighted by Crippen LogP contribution is 2.59. The molecule has 1 spiro atoms. The molecule has 186 valence electrons. The van der Waals surface area contributed by atoms with Crippen LogP contribution in [-0.2, 0) is 11.3 Å². The zero-order valence-corrected chi connectivity index (χ0v) is 20.6. The van der Waals surface area contributed by atoms with Crippen molar-refractivity contribution in [1.29, 1.82) is 0 Å². The Balaban J connectivity index is 1.02. The summed E-state index contributed by atoms with van der Waals surface area (Å²) in [4.78, 5) is 27.9. The van der Waals surface area contributed by atoms with Crippen molar-refractivity contribution < 1.29 is 19.1 Å². The van der Waals surface area contributed by atoms with E-state index in [0.717, 1.165) is 41.9 Å². The SMILES string of the molecule is Cc1cc(C)n(Cc2ccc(C(=O)N3CCC4(CC3)C[C@H]4C(=O)Nc3ccc4c(c3)OCO4)cc2)n1. The van der Waals surface area contributed by atoms with E-state index in [4.69, 9.17) is 9.47 Å². The van der Waals surface area contributed by atoms with Gasteiger partial charge in [-0.1, -0.05) is 12.1 Å². The third-order valence-electron chi connectivity index (χ3n) is 7.83. The lowest BCUT2D eigenvalue weighted by Gasteiger charge is -2.33. The molecule has 2 aromatic carbocycles. The van der Waals surface area contributed by atoms with Crippen molar-refractivity contribution in [3.05, 3.63) is 71.0 Å². The summed E-state index contributed by atoms with van der Waals surface area (Å²) in [5.74, 6) is 1.46. The number of nitrogens with one attached hydrogen (secondary N) is 1. The Morgan fingerprint density at radius 2 is 1.78 bits per heavy atom. The van der Waals surface area contributed by atoms with Crippen LogP contribution in [0, 0.1) is 25.2 Å². The molecule has 36 heavy (non-hydrogen) atoms. The highest BCUT2D eigenvalue weighted by molar-refractivity contribution is 5.96. The summed E-state index contributed by atoms with van der Waals surface area (Å²) < 4.78 is 12.7. The van der Waals surface area contributed by atoms with Crippen molar-refractivity contribution >= 4 is 17.5 Å². The molecular formula is C28H30N4O4. The molecule has 0 bridgehead atoms. The van der Waals surface area contributed by atoms with E-state index in [1.165, 1.54) is 0 Å². The lowest BCUT2D eigenvalue weighted by molar-refractivity contribution is -0.118. The molecule has 1 N–H and O–H groups in total. The number of aryl methyl sites for hydroxylation is 2. The number of hydrogen-bond donors (Lipinski definition) is 1. The fourth-order valence-corrected chi connectivity index (χ4v) is 5.57. The van der Waals surface area contributed by atoms with E-state index in [1.54, 1.807) is 6.07 Å². The summed E-state index contributed by atoms with van der Waals surface area (Å²) >= 11 is 0. The number of likely N-dealkylation sites (tertiary alicyclic amines) is 1. The smallest absolute Gasteiger partial charge is 0.253 e. The van der Waals surface area contributed by atoms with E-state index >= 15 is 0 Å². The van der Waals surface area contributed by atoms with E-state index in [0.29, 0.717) is 36.7 Å². The first-order chi connectivity index (χ1) is 17.4. The molecular weight excluding hydrogens is 456 g/mol. The Kier molecular flexibility index (Phi) is 5.47. The molecule has 8 heteroatoms. The quantitative estimate of drug-likeness (QED) is 0.585. The highest BCUT2D eigenvalue weighted by Gasteiger charge is 2.58.